The standard InChI is InChI=1S/C10H18N2O2/c13-10(14)7-12(8-1-2-8)9-3-5-11-6-4-9/h8-9,11H,1-7H2,(H,13,14). The molecule has 1 heterocycles. The molecule has 1 aliphatic heterocycles. The van der Waals surface area contributed by atoms with E-state index in [1.807, 2.05) is 0 Å². The van der Waals surface area contributed by atoms with Crippen LogP contribution in [0.4, 0.5) is 0 Å². The van der Waals surface area contributed by atoms with Crippen LogP contribution in [0.5, 0.6) is 0 Å². The lowest BCUT2D eigenvalue weighted by Crippen LogP contribution is -2.46. The van der Waals surface area contributed by atoms with Crippen LogP contribution in [0.1, 0.15) is 25.7 Å². The van der Waals surface area contributed by atoms with Gasteiger partial charge >= 0.3 is 5.97 Å². The number of hydrogen-bond donors (Lipinski definition) is 2. The lowest BCUT2D eigenvalue weighted by Gasteiger charge is -2.33. The zero-order valence-corrected chi connectivity index (χ0v) is 8.41. The predicted octanol–water partition coefficient (Wildman–Crippen LogP) is 0.287. The summed E-state index contributed by atoms with van der Waals surface area (Å²) < 4.78 is 0. The van der Waals surface area contributed by atoms with E-state index in [2.05, 4.69) is 10.2 Å². The van der Waals surface area contributed by atoms with Crippen LogP contribution in [0, 0.1) is 0 Å². The molecule has 4 nitrogen and oxygen atoms in total. The Morgan fingerprint density at radius 1 is 1.21 bits per heavy atom. The average molecular weight is 198 g/mol. The molecule has 0 amide bonds. The highest BCUT2D eigenvalue weighted by molar-refractivity contribution is 5.69. The lowest BCUT2D eigenvalue weighted by molar-refractivity contribution is -0.139. The molecule has 0 aromatic heterocycles. The van der Waals surface area contributed by atoms with Gasteiger partial charge in [0.25, 0.3) is 0 Å². The molecule has 2 rings (SSSR count). The van der Waals surface area contributed by atoms with Crippen LogP contribution in [-0.2, 0) is 4.79 Å². The van der Waals surface area contributed by atoms with Crippen molar-refractivity contribution < 1.29 is 9.90 Å². The Morgan fingerprint density at radius 2 is 1.79 bits per heavy atom. The van der Waals surface area contributed by atoms with E-state index in [9.17, 15) is 4.79 Å². The molecule has 0 unspecified atom stereocenters. The Labute approximate surface area is 84.3 Å². The number of carboxylic acids is 1. The maximum Gasteiger partial charge on any atom is 0.317 e. The van der Waals surface area contributed by atoms with Gasteiger partial charge in [-0.15, -0.1) is 0 Å². The largest absolute Gasteiger partial charge is 0.480 e. The number of nitrogens with zero attached hydrogens (tertiary/aromatic N) is 1. The summed E-state index contributed by atoms with van der Waals surface area (Å²) in [6.07, 6.45) is 4.59. The molecule has 0 aromatic rings. The lowest BCUT2D eigenvalue weighted by atomic mass is 10.0. The maximum atomic E-state index is 10.7. The fraction of sp³-hybridized carbons (Fsp3) is 0.900. The highest BCUT2D eigenvalue weighted by Crippen LogP contribution is 2.30. The normalized spacial score (nSPS) is 24.1. The van der Waals surface area contributed by atoms with E-state index >= 15 is 0 Å². The van der Waals surface area contributed by atoms with E-state index in [0.717, 1.165) is 25.9 Å². The van der Waals surface area contributed by atoms with Gasteiger partial charge in [-0.25, -0.2) is 0 Å². The van der Waals surface area contributed by atoms with Gasteiger partial charge in [-0.05, 0) is 38.8 Å². The number of carboxylic acid groups (broad SMARTS) is 1. The molecule has 2 aliphatic rings. The zero-order chi connectivity index (χ0) is 9.97. The minimum Gasteiger partial charge on any atom is -0.480 e. The smallest absolute Gasteiger partial charge is 0.317 e. The van der Waals surface area contributed by atoms with Gasteiger partial charge in [-0.3, -0.25) is 9.69 Å². The van der Waals surface area contributed by atoms with Crippen molar-refractivity contribution in [3.63, 3.8) is 0 Å². The fourth-order valence-electron chi connectivity index (χ4n) is 2.26. The zero-order valence-electron chi connectivity index (χ0n) is 8.41. The number of nitrogens with one attached hydrogen (secondary N) is 1. The SMILES string of the molecule is O=C(O)CN(C1CCNCC1)C1CC1. The van der Waals surface area contributed by atoms with Crippen molar-refractivity contribution in [2.75, 3.05) is 19.6 Å². The van der Waals surface area contributed by atoms with Crippen molar-refractivity contribution in [3.05, 3.63) is 0 Å². The number of carbonyl (C=O) groups is 1. The third-order valence-corrected chi connectivity index (χ3v) is 3.11. The minimum atomic E-state index is -0.685. The molecule has 0 atom stereocenters. The Balaban J connectivity index is 1.90. The quantitative estimate of drug-likeness (QED) is 0.681. The van der Waals surface area contributed by atoms with E-state index in [1.165, 1.54) is 12.8 Å². The second-order valence-corrected chi connectivity index (χ2v) is 4.28. The Morgan fingerprint density at radius 3 is 2.29 bits per heavy atom. The van der Waals surface area contributed by atoms with E-state index in [1.54, 1.807) is 0 Å². The van der Waals surface area contributed by atoms with Gasteiger partial charge < -0.3 is 10.4 Å². The number of piperidine rings is 1. The third-order valence-electron chi connectivity index (χ3n) is 3.11. The van der Waals surface area contributed by atoms with Crippen LogP contribution in [0.2, 0.25) is 0 Å². The van der Waals surface area contributed by atoms with Crippen LogP contribution in [0.25, 0.3) is 0 Å². The molecule has 0 bridgehead atoms. The topological polar surface area (TPSA) is 52.6 Å². The van der Waals surface area contributed by atoms with Crippen LogP contribution < -0.4 is 5.32 Å². The Hall–Kier alpha value is -0.610. The van der Waals surface area contributed by atoms with Gasteiger partial charge in [0.1, 0.15) is 0 Å². The average Bonchev–Trinajstić information content (AvgIpc) is 2.99. The highest BCUT2D eigenvalue weighted by atomic mass is 16.4. The minimum absolute atomic E-state index is 0.231. The van der Waals surface area contributed by atoms with Gasteiger partial charge in [0.15, 0.2) is 0 Å². The van der Waals surface area contributed by atoms with E-state index in [0.29, 0.717) is 12.1 Å². The van der Waals surface area contributed by atoms with E-state index in [-0.39, 0.29) is 6.54 Å². The van der Waals surface area contributed by atoms with Crippen molar-refractivity contribution in [1.82, 2.24) is 10.2 Å². The van der Waals surface area contributed by atoms with Crippen molar-refractivity contribution in [2.45, 2.75) is 37.8 Å². The second-order valence-electron chi connectivity index (χ2n) is 4.28. The molecule has 14 heavy (non-hydrogen) atoms. The molecule has 1 saturated carbocycles. The van der Waals surface area contributed by atoms with Gasteiger partial charge in [0.2, 0.25) is 0 Å². The number of aliphatic carboxylic acids is 1. The molecule has 1 saturated heterocycles. The summed E-state index contributed by atoms with van der Waals surface area (Å²) >= 11 is 0. The molecular weight excluding hydrogens is 180 g/mol. The van der Waals surface area contributed by atoms with Gasteiger partial charge in [-0.1, -0.05) is 0 Å². The molecule has 80 valence electrons. The molecule has 0 aromatic carbocycles. The molecule has 4 heteroatoms. The van der Waals surface area contributed by atoms with Crippen molar-refractivity contribution in [3.8, 4) is 0 Å². The fourth-order valence-corrected chi connectivity index (χ4v) is 2.26. The van der Waals surface area contributed by atoms with Crippen molar-refractivity contribution in [2.24, 2.45) is 0 Å². The van der Waals surface area contributed by atoms with Crippen LogP contribution in [0.15, 0.2) is 0 Å². The summed E-state index contributed by atoms with van der Waals surface area (Å²) in [5.41, 5.74) is 0. The second kappa shape index (κ2) is 4.28. The summed E-state index contributed by atoms with van der Waals surface area (Å²) in [6.45, 7) is 2.30. The third kappa shape index (κ3) is 2.45. The summed E-state index contributed by atoms with van der Waals surface area (Å²) in [5.74, 6) is -0.685. The first-order chi connectivity index (χ1) is 6.77. The monoisotopic (exact) mass is 198 g/mol. The molecule has 0 radical (unpaired) electrons. The molecule has 0 spiro atoms. The first kappa shape index (κ1) is 9.93. The summed E-state index contributed by atoms with van der Waals surface area (Å²) in [6, 6.07) is 1.06. The van der Waals surface area contributed by atoms with Gasteiger partial charge in [0.05, 0.1) is 6.54 Å². The molecule has 1 aliphatic carbocycles. The first-order valence-corrected chi connectivity index (χ1v) is 5.45. The number of hydrogen-bond acceptors (Lipinski definition) is 3. The van der Waals surface area contributed by atoms with E-state index < -0.39 is 5.97 Å². The van der Waals surface area contributed by atoms with Crippen LogP contribution >= 0.6 is 0 Å². The Kier molecular flexibility index (Phi) is 3.03. The summed E-state index contributed by atoms with van der Waals surface area (Å²) in [7, 11) is 0. The summed E-state index contributed by atoms with van der Waals surface area (Å²) in [4.78, 5) is 12.9. The molecule has 2 fully saturated rings. The first-order valence-electron chi connectivity index (χ1n) is 5.45. The number of rotatable bonds is 4. The van der Waals surface area contributed by atoms with Crippen molar-refractivity contribution >= 4 is 5.97 Å². The Bertz CT molecular complexity index is 210. The predicted molar refractivity (Wildman–Crippen MR) is 53.3 cm³/mol. The van der Waals surface area contributed by atoms with Crippen molar-refractivity contribution in [1.29, 1.82) is 0 Å². The van der Waals surface area contributed by atoms with Gasteiger partial charge in [-0.2, -0.15) is 0 Å². The van der Waals surface area contributed by atoms with Crippen LogP contribution in [-0.4, -0.2) is 47.7 Å². The molecule has 2 N–H and O–H groups in total. The van der Waals surface area contributed by atoms with E-state index in [4.69, 9.17) is 5.11 Å². The highest BCUT2D eigenvalue weighted by Gasteiger charge is 2.35. The van der Waals surface area contributed by atoms with Crippen LogP contribution in [0.3, 0.4) is 0 Å². The maximum absolute atomic E-state index is 10.7. The molecular formula is C10H18N2O2. The summed E-state index contributed by atoms with van der Waals surface area (Å²) in [5, 5.41) is 12.1. The van der Waals surface area contributed by atoms with Gasteiger partial charge in [0, 0.05) is 12.1 Å².